The number of hydrogen-bond acceptors (Lipinski definition) is 3. The van der Waals surface area contributed by atoms with E-state index in [2.05, 4.69) is 30.4 Å². The Hall–Kier alpha value is -0.740. The predicted molar refractivity (Wildman–Crippen MR) is 80.0 cm³/mol. The second-order valence-electron chi connectivity index (χ2n) is 4.32. The van der Waals surface area contributed by atoms with E-state index in [0.717, 1.165) is 43.1 Å². The second kappa shape index (κ2) is 8.38. The SMILES string of the molecule is CCNCc1cc(F)ccc1N(C)CCCSC. The van der Waals surface area contributed by atoms with Gasteiger partial charge in [0.25, 0.3) is 0 Å². The number of halogens is 1. The fourth-order valence-corrected chi connectivity index (χ4v) is 2.31. The lowest BCUT2D eigenvalue weighted by atomic mass is 10.1. The third kappa shape index (κ3) is 4.86. The molecule has 0 amide bonds. The Morgan fingerprint density at radius 1 is 1.39 bits per heavy atom. The summed E-state index contributed by atoms with van der Waals surface area (Å²) in [6, 6.07) is 5.04. The number of nitrogens with zero attached hydrogens (tertiary/aromatic N) is 1. The van der Waals surface area contributed by atoms with E-state index in [1.165, 1.54) is 6.07 Å². The summed E-state index contributed by atoms with van der Waals surface area (Å²) in [5, 5.41) is 3.26. The van der Waals surface area contributed by atoms with Gasteiger partial charge in [-0.2, -0.15) is 11.8 Å². The third-order valence-corrected chi connectivity index (χ3v) is 3.56. The highest BCUT2D eigenvalue weighted by atomic mass is 32.2. The Bertz CT molecular complexity index is 358. The lowest BCUT2D eigenvalue weighted by Crippen LogP contribution is -2.22. The zero-order chi connectivity index (χ0) is 13.4. The Labute approximate surface area is 114 Å². The van der Waals surface area contributed by atoms with Crippen molar-refractivity contribution in [1.29, 1.82) is 0 Å². The molecule has 1 aromatic rings. The van der Waals surface area contributed by atoms with Crippen LogP contribution in [0.4, 0.5) is 10.1 Å². The molecule has 0 aliphatic carbocycles. The van der Waals surface area contributed by atoms with Crippen LogP contribution in [0.2, 0.25) is 0 Å². The quantitative estimate of drug-likeness (QED) is 0.731. The Morgan fingerprint density at radius 3 is 2.83 bits per heavy atom. The van der Waals surface area contributed by atoms with Gasteiger partial charge in [0.1, 0.15) is 5.82 Å². The Morgan fingerprint density at radius 2 is 2.17 bits per heavy atom. The van der Waals surface area contributed by atoms with Crippen LogP contribution in [0.25, 0.3) is 0 Å². The van der Waals surface area contributed by atoms with E-state index < -0.39 is 0 Å². The van der Waals surface area contributed by atoms with Crippen LogP contribution in [-0.4, -0.2) is 32.1 Å². The number of rotatable bonds is 8. The molecule has 0 saturated carbocycles. The van der Waals surface area contributed by atoms with Crippen LogP contribution in [0.3, 0.4) is 0 Å². The maximum absolute atomic E-state index is 13.3. The summed E-state index contributed by atoms with van der Waals surface area (Å²) in [5.41, 5.74) is 2.15. The van der Waals surface area contributed by atoms with Crippen LogP contribution < -0.4 is 10.2 Å². The third-order valence-electron chi connectivity index (χ3n) is 2.86. The first kappa shape index (κ1) is 15.3. The lowest BCUT2D eigenvalue weighted by Gasteiger charge is -2.22. The minimum Gasteiger partial charge on any atom is -0.374 e. The predicted octanol–water partition coefficient (Wildman–Crippen LogP) is 3.12. The minimum absolute atomic E-state index is 0.163. The average molecular weight is 270 g/mol. The molecule has 1 aromatic carbocycles. The number of benzene rings is 1. The number of anilines is 1. The molecule has 0 saturated heterocycles. The molecule has 1 N–H and O–H groups in total. The molecule has 2 nitrogen and oxygen atoms in total. The summed E-state index contributed by atoms with van der Waals surface area (Å²) in [7, 11) is 2.07. The number of hydrogen-bond donors (Lipinski definition) is 1. The van der Waals surface area contributed by atoms with E-state index in [0.29, 0.717) is 0 Å². The summed E-state index contributed by atoms with van der Waals surface area (Å²) in [4.78, 5) is 2.21. The van der Waals surface area contributed by atoms with Gasteiger partial charge in [-0.3, -0.25) is 0 Å². The van der Waals surface area contributed by atoms with Gasteiger partial charge in [-0.25, -0.2) is 4.39 Å². The highest BCUT2D eigenvalue weighted by Crippen LogP contribution is 2.21. The second-order valence-corrected chi connectivity index (χ2v) is 5.31. The monoisotopic (exact) mass is 270 g/mol. The first-order chi connectivity index (χ1) is 8.69. The van der Waals surface area contributed by atoms with Crippen molar-refractivity contribution >= 4 is 17.4 Å². The van der Waals surface area contributed by atoms with E-state index in [1.54, 1.807) is 6.07 Å². The Balaban J connectivity index is 2.72. The summed E-state index contributed by atoms with van der Waals surface area (Å²) < 4.78 is 13.3. The van der Waals surface area contributed by atoms with Gasteiger partial charge in [-0.1, -0.05) is 6.92 Å². The zero-order valence-electron chi connectivity index (χ0n) is 11.5. The van der Waals surface area contributed by atoms with E-state index in [-0.39, 0.29) is 5.82 Å². The molecule has 0 radical (unpaired) electrons. The smallest absolute Gasteiger partial charge is 0.123 e. The standard InChI is InChI=1S/C14H23FN2S/c1-4-16-11-12-10-13(15)6-7-14(12)17(2)8-5-9-18-3/h6-7,10,16H,4-5,8-9,11H2,1-3H3. The van der Waals surface area contributed by atoms with Crippen LogP contribution in [0.1, 0.15) is 18.9 Å². The van der Waals surface area contributed by atoms with Gasteiger partial charge < -0.3 is 10.2 Å². The maximum Gasteiger partial charge on any atom is 0.123 e. The fourth-order valence-electron chi connectivity index (χ4n) is 1.89. The highest BCUT2D eigenvalue weighted by Gasteiger charge is 2.08. The average Bonchev–Trinajstić information content (AvgIpc) is 2.36. The van der Waals surface area contributed by atoms with Gasteiger partial charge >= 0.3 is 0 Å². The van der Waals surface area contributed by atoms with Crippen LogP contribution in [0.5, 0.6) is 0 Å². The van der Waals surface area contributed by atoms with Crippen molar-refractivity contribution in [1.82, 2.24) is 5.32 Å². The topological polar surface area (TPSA) is 15.3 Å². The first-order valence-corrected chi connectivity index (χ1v) is 7.77. The van der Waals surface area contributed by atoms with E-state index >= 15 is 0 Å². The van der Waals surface area contributed by atoms with Crippen LogP contribution in [0, 0.1) is 5.82 Å². The van der Waals surface area contributed by atoms with Crippen molar-refractivity contribution in [3.05, 3.63) is 29.6 Å². The van der Waals surface area contributed by atoms with Gasteiger partial charge in [-0.15, -0.1) is 0 Å². The maximum atomic E-state index is 13.3. The van der Waals surface area contributed by atoms with Crippen molar-refractivity contribution in [2.24, 2.45) is 0 Å². The molecule has 0 atom stereocenters. The molecule has 1 rings (SSSR count). The number of thioether (sulfide) groups is 1. The molecule has 0 aromatic heterocycles. The molecule has 18 heavy (non-hydrogen) atoms. The van der Waals surface area contributed by atoms with Gasteiger partial charge in [-0.05, 0) is 48.7 Å². The summed E-state index contributed by atoms with van der Waals surface area (Å²) >= 11 is 1.86. The molecule has 0 aliphatic rings. The largest absolute Gasteiger partial charge is 0.374 e. The van der Waals surface area contributed by atoms with Crippen molar-refractivity contribution in [2.45, 2.75) is 19.9 Å². The molecular formula is C14H23FN2S. The highest BCUT2D eigenvalue weighted by molar-refractivity contribution is 7.98. The van der Waals surface area contributed by atoms with Crippen molar-refractivity contribution in [3.63, 3.8) is 0 Å². The molecule has 102 valence electrons. The molecule has 0 spiro atoms. The van der Waals surface area contributed by atoms with Crippen molar-refractivity contribution < 1.29 is 4.39 Å². The Kier molecular flexibility index (Phi) is 7.13. The van der Waals surface area contributed by atoms with E-state index in [1.807, 2.05) is 17.8 Å². The van der Waals surface area contributed by atoms with Gasteiger partial charge in [0.15, 0.2) is 0 Å². The summed E-state index contributed by atoms with van der Waals surface area (Å²) in [5.74, 6) is 0.998. The van der Waals surface area contributed by atoms with Gasteiger partial charge in [0, 0.05) is 25.8 Å². The van der Waals surface area contributed by atoms with E-state index in [9.17, 15) is 4.39 Å². The molecule has 0 aliphatic heterocycles. The molecule has 0 bridgehead atoms. The lowest BCUT2D eigenvalue weighted by molar-refractivity contribution is 0.621. The summed E-state index contributed by atoms with van der Waals surface area (Å²) in [6.45, 7) is 4.68. The van der Waals surface area contributed by atoms with Gasteiger partial charge in [0.05, 0.1) is 0 Å². The minimum atomic E-state index is -0.163. The van der Waals surface area contributed by atoms with Gasteiger partial charge in [0.2, 0.25) is 0 Å². The number of nitrogens with one attached hydrogen (secondary N) is 1. The van der Waals surface area contributed by atoms with Crippen LogP contribution >= 0.6 is 11.8 Å². The normalized spacial score (nSPS) is 10.7. The molecule has 0 heterocycles. The van der Waals surface area contributed by atoms with Crippen LogP contribution in [-0.2, 0) is 6.54 Å². The van der Waals surface area contributed by atoms with Crippen LogP contribution in [0.15, 0.2) is 18.2 Å². The van der Waals surface area contributed by atoms with Crippen molar-refractivity contribution in [2.75, 3.05) is 37.0 Å². The van der Waals surface area contributed by atoms with Crippen molar-refractivity contribution in [3.8, 4) is 0 Å². The first-order valence-electron chi connectivity index (χ1n) is 6.38. The summed E-state index contributed by atoms with van der Waals surface area (Å²) in [6.07, 6.45) is 3.27. The van der Waals surface area contributed by atoms with E-state index in [4.69, 9.17) is 0 Å². The molecule has 0 unspecified atom stereocenters. The fraction of sp³-hybridized carbons (Fsp3) is 0.571. The molecule has 4 heteroatoms. The molecular weight excluding hydrogens is 247 g/mol. The molecule has 0 fully saturated rings. The zero-order valence-corrected chi connectivity index (χ0v) is 12.3.